The molecule has 0 aliphatic carbocycles. The first-order chi connectivity index (χ1) is 12.4. The van der Waals surface area contributed by atoms with Crippen LogP contribution in [0.15, 0.2) is 35.3 Å². The lowest BCUT2D eigenvalue weighted by atomic mass is 10.3. The Hall–Kier alpha value is -1.16. The maximum atomic E-state index is 11.8. The number of carbonyl (C=O) groups excluding carboxylic acids is 1. The predicted octanol–water partition coefficient (Wildman–Crippen LogP) is 2.51. The largest absolute Gasteiger partial charge is 0.375 e. The van der Waals surface area contributed by atoms with Gasteiger partial charge in [0.25, 0.3) is 0 Å². The molecule has 8 heteroatoms. The van der Waals surface area contributed by atoms with Crippen molar-refractivity contribution in [1.29, 1.82) is 0 Å². The van der Waals surface area contributed by atoms with Crippen LogP contribution < -0.4 is 15.5 Å². The Kier molecular flexibility index (Phi) is 14.2. The minimum Gasteiger partial charge on any atom is -0.375 e. The average Bonchev–Trinajstić information content (AvgIpc) is 2.66. The van der Waals surface area contributed by atoms with Crippen molar-refractivity contribution >= 4 is 53.3 Å². The number of anilines is 1. The molecule has 0 heterocycles. The van der Waals surface area contributed by atoms with E-state index in [2.05, 4.69) is 52.9 Å². The number of halogens is 1. The van der Waals surface area contributed by atoms with Gasteiger partial charge in [0.1, 0.15) is 6.54 Å². The third-order valence-electron chi connectivity index (χ3n) is 3.99. The third-order valence-corrected chi connectivity index (χ3v) is 4.96. The lowest BCUT2D eigenvalue weighted by molar-refractivity contribution is -0.127. The molecule has 0 spiro atoms. The molecule has 1 rings (SSSR count). The molecule has 154 valence electrons. The van der Waals surface area contributed by atoms with Gasteiger partial charge in [0.05, 0.1) is 0 Å². The van der Waals surface area contributed by atoms with Gasteiger partial charge in [-0.25, -0.2) is 4.99 Å². The molecular formula is C19H34IN5OS. The highest BCUT2D eigenvalue weighted by molar-refractivity contribution is 14.0. The van der Waals surface area contributed by atoms with Crippen molar-refractivity contribution in [2.24, 2.45) is 4.99 Å². The number of amides is 1. The first-order valence-corrected chi connectivity index (χ1v) is 10.2. The molecule has 0 saturated carbocycles. The fourth-order valence-electron chi connectivity index (χ4n) is 2.12. The number of nitrogens with zero attached hydrogens (tertiary/aromatic N) is 3. The third kappa shape index (κ3) is 11.3. The van der Waals surface area contributed by atoms with Crippen LogP contribution in [0.1, 0.15) is 13.3 Å². The van der Waals surface area contributed by atoms with Gasteiger partial charge >= 0.3 is 0 Å². The molecule has 1 unspecified atom stereocenters. The van der Waals surface area contributed by atoms with Crippen molar-refractivity contribution in [3.8, 4) is 0 Å². The summed E-state index contributed by atoms with van der Waals surface area (Å²) in [6.07, 6.45) is 3.07. The molecule has 1 atom stereocenters. The number of thioether (sulfide) groups is 1. The van der Waals surface area contributed by atoms with E-state index in [-0.39, 0.29) is 36.4 Å². The standard InChI is InChI=1S/C19H33N5OS.HI/c1-16(26-5)14-21-19(22-15-18(25)23(2)3)20-12-9-13-24(4)17-10-7-6-8-11-17;/h6-8,10-11,16H,9,12-15H2,1-5H3,(H2,20,21,22);1H. The second kappa shape index (κ2) is 14.8. The Labute approximate surface area is 185 Å². The van der Waals surface area contributed by atoms with E-state index in [4.69, 9.17) is 0 Å². The number of nitrogens with one attached hydrogen (secondary N) is 2. The SMILES string of the molecule is CSC(C)CNC(=NCC(=O)N(C)C)NCCCN(C)c1ccccc1.I. The van der Waals surface area contributed by atoms with E-state index in [9.17, 15) is 4.79 Å². The molecule has 1 amide bonds. The fourth-order valence-corrected chi connectivity index (χ4v) is 2.37. The maximum absolute atomic E-state index is 11.8. The van der Waals surface area contributed by atoms with Crippen molar-refractivity contribution in [3.63, 3.8) is 0 Å². The highest BCUT2D eigenvalue weighted by Crippen LogP contribution is 2.10. The van der Waals surface area contributed by atoms with Gasteiger partial charge < -0.3 is 20.4 Å². The van der Waals surface area contributed by atoms with Crippen molar-refractivity contribution in [2.75, 3.05) is 58.5 Å². The molecule has 0 aromatic heterocycles. The number of aliphatic imine (C=N–C) groups is 1. The van der Waals surface area contributed by atoms with Crippen LogP contribution in [0.3, 0.4) is 0 Å². The molecule has 6 nitrogen and oxygen atoms in total. The van der Waals surface area contributed by atoms with Gasteiger partial charge in [-0.3, -0.25) is 4.79 Å². The minimum atomic E-state index is -0.00664. The molecule has 0 bridgehead atoms. The van der Waals surface area contributed by atoms with Crippen LogP contribution in [0, 0.1) is 0 Å². The maximum Gasteiger partial charge on any atom is 0.243 e. The van der Waals surface area contributed by atoms with Crippen LogP contribution in [-0.4, -0.2) is 75.6 Å². The van der Waals surface area contributed by atoms with E-state index < -0.39 is 0 Å². The zero-order valence-corrected chi connectivity index (χ0v) is 20.2. The Morgan fingerprint density at radius 2 is 1.85 bits per heavy atom. The van der Waals surface area contributed by atoms with Gasteiger partial charge in [0, 0.05) is 51.7 Å². The fraction of sp³-hybridized carbons (Fsp3) is 0.579. The van der Waals surface area contributed by atoms with Crippen molar-refractivity contribution in [3.05, 3.63) is 30.3 Å². The van der Waals surface area contributed by atoms with E-state index in [1.54, 1.807) is 30.8 Å². The molecule has 27 heavy (non-hydrogen) atoms. The van der Waals surface area contributed by atoms with Crippen LogP contribution in [0.4, 0.5) is 5.69 Å². The number of para-hydroxylation sites is 1. The van der Waals surface area contributed by atoms with E-state index in [0.29, 0.717) is 11.2 Å². The first-order valence-electron chi connectivity index (χ1n) is 8.95. The van der Waals surface area contributed by atoms with E-state index in [1.165, 1.54) is 5.69 Å². The Bertz CT molecular complexity index is 556. The highest BCUT2D eigenvalue weighted by atomic mass is 127. The molecule has 2 N–H and O–H groups in total. The summed E-state index contributed by atoms with van der Waals surface area (Å²) in [6, 6.07) is 10.3. The lowest BCUT2D eigenvalue weighted by Crippen LogP contribution is -2.41. The molecule has 0 fully saturated rings. The van der Waals surface area contributed by atoms with Crippen LogP contribution in [-0.2, 0) is 4.79 Å². The summed E-state index contributed by atoms with van der Waals surface area (Å²) in [5, 5.41) is 7.13. The second-order valence-corrected chi connectivity index (χ2v) is 7.69. The molecule has 1 aromatic rings. The molecule has 0 radical (unpaired) electrons. The van der Waals surface area contributed by atoms with Crippen molar-refractivity contribution in [2.45, 2.75) is 18.6 Å². The minimum absolute atomic E-state index is 0. The summed E-state index contributed by atoms with van der Waals surface area (Å²) >= 11 is 1.80. The summed E-state index contributed by atoms with van der Waals surface area (Å²) in [7, 11) is 5.58. The number of hydrogen-bond acceptors (Lipinski definition) is 4. The molecule has 0 saturated heterocycles. The Morgan fingerprint density at radius 3 is 2.44 bits per heavy atom. The Morgan fingerprint density at radius 1 is 1.19 bits per heavy atom. The van der Waals surface area contributed by atoms with Gasteiger partial charge in [-0.1, -0.05) is 25.1 Å². The van der Waals surface area contributed by atoms with Crippen LogP contribution >= 0.6 is 35.7 Å². The molecule has 0 aliphatic heterocycles. The number of guanidine groups is 1. The highest BCUT2D eigenvalue weighted by Gasteiger charge is 2.06. The van der Waals surface area contributed by atoms with Crippen LogP contribution in [0.25, 0.3) is 0 Å². The average molecular weight is 507 g/mol. The quantitative estimate of drug-likeness (QED) is 0.221. The van der Waals surface area contributed by atoms with Crippen LogP contribution in [0.2, 0.25) is 0 Å². The normalized spacial score (nSPS) is 12.0. The zero-order valence-electron chi connectivity index (χ0n) is 17.1. The topological polar surface area (TPSA) is 60.0 Å². The summed E-state index contributed by atoms with van der Waals surface area (Å²) in [5.74, 6) is 0.691. The lowest BCUT2D eigenvalue weighted by Gasteiger charge is -2.20. The Balaban J connectivity index is 0.00000676. The summed E-state index contributed by atoms with van der Waals surface area (Å²) in [6.45, 7) is 4.87. The zero-order chi connectivity index (χ0) is 19.4. The summed E-state index contributed by atoms with van der Waals surface area (Å²) in [5.41, 5.74) is 1.21. The number of hydrogen-bond donors (Lipinski definition) is 2. The van der Waals surface area contributed by atoms with Crippen molar-refractivity contribution in [1.82, 2.24) is 15.5 Å². The molecule has 0 aliphatic rings. The number of benzene rings is 1. The van der Waals surface area contributed by atoms with Gasteiger partial charge in [0.15, 0.2) is 5.96 Å². The summed E-state index contributed by atoms with van der Waals surface area (Å²) in [4.78, 5) is 20.0. The van der Waals surface area contributed by atoms with Crippen molar-refractivity contribution < 1.29 is 4.79 Å². The van der Waals surface area contributed by atoms with E-state index in [1.807, 2.05) is 18.2 Å². The van der Waals surface area contributed by atoms with Crippen LogP contribution in [0.5, 0.6) is 0 Å². The van der Waals surface area contributed by atoms with E-state index >= 15 is 0 Å². The number of carbonyl (C=O) groups is 1. The molecular weight excluding hydrogens is 473 g/mol. The summed E-state index contributed by atoms with van der Waals surface area (Å²) < 4.78 is 0. The monoisotopic (exact) mass is 507 g/mol. The van der Waals surface area contributed by atoms with E-state index in [0.717, 1.165) is 26.1 Å². The predicted molar refractivity (Wildman–Crippen MR) is 130 cm³/mol. The van der Waals surface area contributed by atoms with Gasteiger partial charge in [-0.2, -0.15) is 11.8 Å². The van der Waals surface area contributed by atoms with Gasteiger partial charge in [0.2, 0.25) is 5.91 Å². The second-order valence-electron chi connectivity index (χ2n) is 6.42. The first kappa shape index (κ1) is 25.8. The van der Waals surface area contributed by atoms with Gasteiger partial charge in [-0.05, 0) is 24.8 Å². The molecule has 1 aromatic carbocycles. The smallest absolute Gasteiger partial charge is 0.243 e. The van der Waals surface area contributed by atoms with Gasteiger partial charge in [-0.15, -0.1) is 24.0 Å². The number of rotatable bonds is 10. The number of likely N-dealkylation sites (N-methyl/N-ethyl adjacent to an activating group) is 1.